The minimum atomic E-state index is -1.11. The van der Waals surface area contributed by atoms with Crippen LogP contribution >= 0.6 is 0 Å². The molecule has 0 heterocycles. The fourth-order valence-electron chi connectivity index (χ4n) is 2.49. The summed E-state index contributed by atoms with van der Waals surface area (Å²) in [6.07, 6.45) is 0. The molecule has 160 valence electrons. The van der Waals surface area contributed by atoms with Gasteiger partial charge in [0.15, 0.2) is 18.2 Å². The number of nitrogens with one attached hydrogen (secondary N) is 2. The van der Waals surface area contributed by atoms with E-state index >= 15 is 0 Å². The van der Waals surface area contributed by atoms with Crippen LogP contribution in [-0.4, -0.2) is 30.4 Å². The summed E-state index contributed by atoms with van der Waals surface area (Å²) in [7, 11) is 0. The molecule has 0 saturated carbocycles. The van der Waals surface area contributed by atoms with Gasteiger partial charge in [-0.05, 0) is 42.2 Å². The molecule has 2 amide bonds. The third-order valence-corrected chi connectivity index (χ3v) is 4.26. The smallest absolute Gasteiger partial charge is 0.328 e. The number of halogens is 2. The Hall–Kier alpha value is -3.29. The van der Waals surface area contributed by atoms with Crippen LogP contribution in [0.2, 0.25) is 0 Å². The van der Waals surface area contributed by atoms with Gasteiger partial charge in [-0.1, -0.05) is 32.9 Å². The molecule has 0 fully saturated rings. The number of benzene rings is 2. The van der Waals surface area contributed by atoms with E-state index in [1.165, 1.54) is 13.0 Å². The molecule has 8 heteroatoms. The number of esters is 1. The van der Waals surface area contributed by atoms with Crippen LogP contribution in [0.1, 0.15) is 43.6 Å². The lowest BCUT2D eigenvalue weighted by Crippen LogP contribution is -2.40. The Balaban J connectivity index is 1.84. The van der Waals surface area contributed by atoms with Gasteiger partial charge in [-0.2, -0.15) is 0 Å². The van der Waals surface area contributed by atoms with Gasteiger partial charge in [0.2, 0.25) is 0 Å². The molecule has 2 aromatic carbocycles. The molecule has 0 bridgehead atoms. The highest BCUT2D eigenvalue weighted by atomic mass is 19.2. The average Bonchev–Trinajstić information content (AvgIpc) is 2.68. The molecule has 0 radical (unpaired) electrons. The van der Waals surface area contributed by atoms with Gasteiger partial charge in [-0.25, -0.2) is 13.6 Å². The van der Waals surface area contributed by atoms with Gasteiger partial charge in [0.25, 0.3) is 11.8 Å². The molecule has 6 nitrogen and oxygen atoms in total. The molecule has 0 aliphatic carbocycles. The van der Waals surface area contributed by atoms with Crippen molar-refractivity contribution in [1.29, 1.82) is 0 Å². The van der Waals surface area contributed by atoms with Gasteiger partial charge in [0, 0.05) is 17.3 Å². The Labute approximate surface area is 173 Å². The van der Waals surface area contributed by atoms with Gasteiger partial charge in [-0.15, -0.1) is 0 Å². The van der Waals surface area contributed by atoms with Crippen molar-refractivity contribution in [2.24, 2.45) is 0 Å². The van der Waals surface area contributed by atoms with E-state index in [-0.39, 0.29) is 11.1 Å². The summed E-state index contributed by atoms with van der Waals surface area (Å²) in [5.74, 6) is -4.15. The van der Waals surface area contributed by atoms with Crippen LogP contribution < -0.4 is 10.6 Å². The van der Waals surface area contributed by atoms with Crippen molar-refractivity contribution in [2.75, 3.05) is 11.9 Å². The zero-order valence-electron chi connectivity index (χ0n) is 17.2. The summed E-state index contributed by atoms with van der Waals surface area (Å²) in [4.78, 5) is 36.1. The molecule has 0 aliphatic rings. The second-order valence-electron chi connectivity index (χ2n) is 7.81. The summed E-state index contributed by atoms with van der Waals surface area (Å²) in [5, 5.41) is 4.78. The molecule has 2 N–H and O–H groups in total. The van der Waals surface area contributed by atoms with Crippen LogP contribution in [-0.2, 0) is 19.7 Å². The van der Waals surface area contributed by atoms with Gasteiger partial charge in [-0.3, -0.25) is 9.59 Å². The minimum Gasteiger partial charge on any atom is -0.454 e. The van der Waals surface area contributed by atoms with Crippen molar-refractivity contribution in [2.45, 2.75) is 39.2 Å². The Morgan fingerprint density at radius 1 is 1.00 bits per heavy atom. The lowest BCUT2D eigenvalue weighted by Gasteiger charge is -2.19. The molecule has 2 aromatic rings. The monoisotopic (exact) mass is 418 g/mol. The molecule has 30 heavy (non-hydrogen) atoms. The van der Waals surface area contributed by atoms with Crippen LogP contribution in [0.5, 0.6) is 0 Å². The molecule has 0 spiro atoms. The first-order chi connectivity index (χ1) is 14.0. The molecule has 2 rings (SSSR count). The SMILES string of the molecule is C[C@H](NC(=O)c1ccc(C(C)(C)C)cc1)C(=O)OCC(=O)Nc1ccc(F)c(F)c1. The number of carbonyl (C=O) groups excluding carboxylic acids is 3. The van der Waals surface area contributed by atoms with E-state index in [9.17, 15) is 23.2 Å². The topological polar surface area (TPSA) is 84.5 Å². The maximum absolute atomic E-state index is 13.1. The van der Waals surface area contributed by atoms with Crippen LogP contribution in [0.4, 0.5) is 14.5 Å². The number of carbonyl (C=O) groups is 3. The van der Waals surface area contributed by atoms with E-state index in [1.54, 1.807) is 12.1 Å². The molecule has 0 aromatic heterocycles. The van der Waals surface area contributed by atoms with Gasteiger partial charge in [0.05, 0.1) is 0 Å². The van der Waals surface area contributed by atoms with Gasteiger partial charge >= 0.3 is 5.97 Å². The molecule has 0 unspecified atom stereocenters. The second kappa shape index (κ2) is 9.47. The summed E-state index contributed by atoms with van der Waals surface area (Å²) >= 11 is 0. The van der Waals surface area contributed by atoms with Crippen molar-refractivity contribution in [3.63, 3.8) is 0 Å². The van der Waals surface area contributed by atoms with Crippen molar-refractivity contribution in [1.82, 2.24) is 5.32 Å². The predicted octanol–water partition coefficient (Wildman–Crippen LogP) is 3.56. The zero-order valence-corrected chi connectivity index (χ0v) is 17.2. The zero-order chi connectivity index (χ0) is 22.5. The van der Waals surface area contributed by atoms with Crippen LogP contribution in [0.15, 0.2) is 42.5 Å². The number of anilines is 1. The average molecular weight is 418 g/mol. The third kappa shape index (κ3) is 6.37. The van der Waals surface area contributed by atoms with Crippen molar-refractivity contribution < 1.29 is 27.9 Å². The van der Waals surface area contributed by atoms with Crippen LogP contribution in [0.3, 0.4) is 0 Å². The standard InChI is InChI=1S/C22H24F2N2O4/c1-13(25-20(28)14-5-7-15(8-6-14)22(2,3)4)21(29)30-12-19(27)26-16-9-10-17(23)18(24)11-16/h5-11,13H,12H2,1-4H3,(H,25,28)(H,26,27)/t13-/m0/s1. The molecule has 1 atom stereocenters. The van der Waals surface area contributed by atoms with E-state index in [0.29, 0.717) is 5.56 Å². The summed E-state index contributed by atoms with van der Waals surface area (Å²) < 4.78 is 30.9. The van der Waals surface area contributed by atoms with E-state index < -0.39 is 42.1 Å². The second-order valence-corrected chi connectivity index (χ2v) is 7.81. The first-order valence-electron chi connectivity index (χ1n) is 9.30. The van der Waals surface area contributed by atoms with Gasteiger partial charge in [0.1, 0.15) is 6.04 Å². The lowest BCUT2D eigenvalue weighted by molar-refractivity contribution is -0.148. The van der Waals surface area contributed by atoms with Gasteiger partial charge < -0.3 is 15.4 Å². The highest BCUT2D eigenvalue weighted by Crippen LogP contribution is 2.22. The maximum Gasteiger partial charge on any atom is 0.328 e. The number of rotatable bonds is 6. The van der Waals surface area contributed by atoms with Crippen LogP contribution in [0.25, 0.3) is 0 Å². The number of hydrogen-bond acceptors (Lipinski definition) is 4. The number of hydrogen-bond donors (Lipinski definition) is 2. The van der Waals surface area contributed by atoms with E-state index in [2.05, 4.69) is 31.4 Å². The molecular weight excluding hydrogens is 394 g/mol. The molecule has 0 saturated heterocycles. The van der Waals surface area contributed by atoms with E-state index in [0.717, 1.165) is 17.7 Å². The van der Waals surface area contributed by atoms with Crippen molar-refractivity contribution in [3.8, 4) is 0 Å². The highest BCUT2D eigenvalue weighted by Gasteiger charge is 2.20. The fraction of sp³-hybridized carbons (Fsp3) is 0.318. The quantitative estimate of drug-likeness (QED) is 0.703. The van der Waals surface area contributed by atoms with Crippen molar-refractivity contribution in [3.05, 3.63) is 65.2 Å². The number of amides is 2. The number of ether oxygens (including phenoxy) is 1. The Morgan fingerprint density at radius 3 is 2.20 bits per heavy atom. The Kier molecular flexibility index (Phi) is 7.26. The highest BCUT2D eigenvalue weighted by molar-refractivity contribution is 5.97. The normalized spacial score (nSPS) is 12.1. The summed E-state index contributed by atoms with van der Waals surface area (Å²) in [6.45, 7) is 6.96. The van der Waals surface area contributed by atoms with Crippen molar-refractivity contribution >= 4 is 23.5 Å². The lowest BCUT2D eigenvalue weighted by atomic mass is 9.86. The summed E-state index contributed by atoms with van der Waals surface area (Å²) in [6, 6.07) is 8.89. The minimum absolute atomic E-state index is 0.0232. The Morgan fingerprint density at radius 2 is 1.63 bits per heavy atom. The van der Waals surface area contributed by atoms with E-state index in [1.807, 2.05) is 12.1 Å². The maximum atomic E-state index is 13.1. The Bertz CT molecular complexity index is 937. The van der Waals surface area contributed by atoms with E-state index in [4.69, 9.17) is 4.74 Å². The third-order valence-electron chi connectivity index (χ3n) is 4.26. The molecule has 0 aliphatic heterocycles. The first-order valence-corrected chi connectivity index (χ1v) is 9.30. The largest absolute Gasteiger partial charge is 0.454 e. The molecular formula is C22H24F2N2O4. The van der Waals surface area contributed by atoms with Crippen LogP contribution in [0, 0.1) is 11.6 Å². The fourth-order valence-corrected chi connectivity index (χ4v) is 2.49. The first kappa shape index (κ1) is 23.0. The predicted molar refractivity (Wildman–Crippen MR) is 108 cm³/mol. The summed E-state index contributed by atoms with van der Waals surface area (Å²) in [5.41, 5.74) is 1.43.